The van der Waals surface area contributed by atoms with Crippen LogP contribution in [0.5, 0.6) is 0 Å². The van der Waals surface area contributed by atoms with Crippen LogP contribution in [0.1, 0.15) is 19.8 Å². The second kappa shape index (κ2) is 5.01. The molecule has 1 aromatic rings. The van der Waals surface area contributed by atoms with Gasteiger partial charge in [-0.25, -0.2) is 12.7 Å². The molecule has 0 N–H and O–H groups in total. The van der Waals surface area contributed by atoms with Gasteiger partial charge in [0.05, 0.1) is 0 Å². The molecule has 1 fully saturated rings. The van der Waals surface area contributed by atoms with E-state index in [4.69, 9.17) is 0 Å². The van der Waals surface area contributed by atoms with Gasteiger partial charge in [0.2, 0.25) is 5.91 Å². The topological polar surface area (TPSA) is 54.5 Å². The molecule has 0 bridgehead atoms. The van der Waals surface area contributed by atoms with Crippen LogP contribution in [-0.4, -0.2) is 25.2 Å². The third-order valence-electron chi connectivity index (χ3n) is 3.15. The van der Waals surface area contributed by atoms with E-state index in [1.54, 1.807) is 18.2 Å². The fourth-order valence-corrected chi connectivity index (χ4v) is 4.48. The van der Waals surface area contributed by atoms with Crippen LogP contribution >= 0.6 is 15.9 Å². The lowest BCUT2D eigenvalue weighted by Gasteiger charge is -2.17. The third kappa shape index (κ3) is 2.31. The molecule has 1 unspecified atom stereocenters. The van der Waals surface area contributed by atoms with Crippen molar-refractivity contribution in [2.75, 3.05) is 6.54 Å². The van der Waals surface area contributed by atoms with E-state index >= 15 is 0 Å². The van der Waals surface area contributed by atoms with E-state index in [9.17, 15) is 13.2 Å². The summed E-state index contributed by atoms with van der Waals surface area (Å²) in [4.78, 5) is 12.0. The summed E-state index contributed by atoms with van der Waals surface area (Å²) >= 11 is 3.21. The van der Waals surface area contributed by atoms with Crippen molar-refractivity contribution in [2.45, 2.75) is 24.7 Å². The van der Waals surface area contributed by atoms with Gasteiger partial charge in [0.15, 0.2) is 0 Å². The predicted molar refractivity (Wildman–Crippen MR) is 71.4 cm³/mol. The zero-order valence-electron chi connectivity index (χ0n) is 9.97. The van der Waals surface area contributed by atoms with E-state index in [-0.39, 0.29) is 16.7 Å². The smallest absolute Gasteiger partial charge is 0.267 e. The van der Waals surface area contributed by atoms with Crippen molar-refractivity contribution in [1.82, 2.24) is 4.31 Å². The van der Waals surface area contributed by atoms with Gasteiger partial charge in [-0.05, 0) is 34.0 Å². The molecule has 1 heterocycles. The van der Waals surface area contributed by atoms with E-state index < -0.39 is 10.0 Å². The summed E-state index contributed by atoms with van der Waals surface area (Å²) in [5.74, 6) is -0.174. The molecule has 18 heavy (non-hydrogen) atoms. The number of benzene rings is 1. The summed E-state index contributed by atoms with van der Waals surface area (Å²) in [5, 5.41) is 0. The molecule has 0 aliphatic carbocycles. The normalized spacial score (nSPS) is 20.4. The van der Waals surface area contributed by atoms with Crippen molar-refractivity contribution in [3.05, 3.63) is 28.7 Å². The monoisotopic (exact) mass is 331 g/mol. The summed E-state index contributed by atoms with van der Waals surface area (Å²) in [6.45, 7) is 2.26. The Bertz CT molecular complexity index is 570. The van der Waals surface area contributed by atoms with E-state index in [2.05, 4.69) is 15.9 Å². The molecule has 1 amide bonds. The van der Waals surface area contributed by atoms with Crippen molar-refractivity contribution < 1.29 is 13.2 Å². The SMILES string of the molecule is CCC1CC(=O)N(S(=O)(=O)c2ccccc2Br)C1. The molecule has 1 aliphatic rings. The highest BCUT2D eigenvalue weighted by Gasteiger charge is 2.38. The second-order valence-electron chi connectivity index (χ2n) is 4.34. The lowest BCUT2D eigenvalue weighted by molar-refractivity contribution is -0.123. The first kappa shape index (κ1) is 13.5. The minimum atomic E-state index is -3.72. The van der Waals surface area contributed by atoms with E-state index in [0.29, 0.717) is 17.4 Å². The van der Waals surface area contributed by atoms with Crippen molar-refractivity contribution in [3.8, 4) is 0 Å². The molecular weight excluding hydrogens is 318 g/mol. The molecule has 1 aliphatic heterocycles. The molecule has 2 rings (SSSR count). The van der Waals surface area contributed by atoms with Gasteiger partial charge in [-0.15, -0.1) is 0 Å². The molecule has 1 aromatic carbocycles. The Balaban J connectivity index is 2.39. The minimum Gasteiger partial charge on any atom is -0.274 e. The van der Waals surface area contributed by atoms with Crippen LogP contribution in [-0.2, 0) is 14.8 Å². The van der Waals surface area contributed by atoms with Gasteiger partial charge in [0, 0.05) is 17.4 Å². The Morgan fingerprint density at radius 2 is 2.06 bits per heavy atom. The maximum Gasteiger partial charge on any atom is 0.267 e. The van der Waals surface area contributed by atoms with E-state index in [1.165, 1.54) is 6.07 Å². The van der Waals surface area contributed by atoms with Gasteiger partial charge in [-0.1, -0.05) is 25.5 Å². The maximum absolute atomic E-state index is 12.4. The highest BCUT2D eigenvalue weighted by atomic mass is 79.9. The number of hydrogen-bond donors (Lipinski definition) is 0. The van der Waals surface area contributed by atoms with Crippen LogP contribution in [0.2, 0.25) is 0 Å². The first-order valence-corrected chi connectivity index (χ1v) is 8.00. The number of rotatable bonds is 3. The van der Waals surface area contributed by atoms with E-state index in [0.717, 1.165) is 10.7 Å². The number of carbonyl (C=O) groups is 1. The second-order valence-corrected chi connectivity index (χ2v) is 7.02. The number of amides is 1. The summed E-state index contributed by atoms with van der Waals surface area (Å²) in [7, 11) is -3.72. The minimum absolute atomic E-state index is 0.134. The number of carbonyl (C=O) groups excluding carboxylic acids is 1. The van der Waals surface area contributed by atoms with Gasteiger partial charge in [-0.2, -0.15) is 0 Å². The third-order valence-corrected chi connectivity index (χ3v) is 5.95. The molecule has 0 spiro atoms. The number of halogens is 1. The van der Waals surface area contributed by atoms with Crippen LogP contribution < -0.4 is 0 Å². The molecule has 6 heteroatoms. The predicted octanol–water partition coefficient (Wildman–Crippen LogP) is 2.40. The molecule has 1 atom stereocenters. The van der Waals surface area contributed by atoms with Crippen LogP contribution in [0.15, 0.2) is 33.6 Å². The van der Waals surface area contributed by atoms with Crippen molar-refractivity contribution in [2.24, 2.45) is 5.92 Å². The summed E-state index contributed by atoms with van der Waals surface area (Å²) < 4.78 is 26.3. The molecule has 1 saturated heterocycles. The lowest BCUT2D eigenvalue weighted by Crippen LogP contribution is -2.32. The van der Waals surface area contributed by atoms with Gasteiger partial charge < -0.3 is 0 Å². The molecule has 0 saturated carbocycles. The van der Waals surface area contributed by atoms with Gasteiger partial charge >= 0.3 is 0 Å². The highest BCUT2D eigenvalue weighted by Crippen LogP contribution is 2.30. The van der Waals surface area contributed by atoms with E-state index in [1.807, 2.05) is 6.92 Å². The fraction of sp³-hybridized carbons (Fsp3) is 0.417. The Morgan fingerprint density at radius 1 is 1.39 bits per heavy atom. The largest absolute Gasteiger partial charge is 0.274 e. The average Bonchev–Trinajstić information content (AvgIpc) is 2.71. The Labute approximate surface area is 115 Å². The van der Waals surface area contributed by atoms with Gasteiger partial charge in [-0.3, -0.25) is 4.79 Å². The Kier molecular flexibility index (Phi) is 3.77. The zero-order chi connectivity index (χ0) is 13.3. The Morgan fingerprint density at radius 3 is 2.61 bits per heavy atom. The van der Waals surface area contributed by atoms with Crippen LogP contribution in [0.3, 0.4) is 0 Å². The van der Waals surface area contributed by atoms with Crippen LogP contribution in [0, 0.1) is 5.92 Å². The first-order chi connectivity index (χ1) is 8.46. The highest BCUT2D eigenvalue weighted by molar-refractivity contribution is 9.10. The average molecular weight is 332 g/mol. The number of nitrogens with zero attached hydrogens (tertiary/aromatic N) is 1. The molecule has 4 nitrogen and oxygen atoms in total. The van der Waals surface area contributed by atoms with Crippen molar-refractivity contribution in [1.29, 1.82) is 0 Å². The van der Waals surface area contributed by atoms with Crippen molar-refractivity contribution >= 4 is 31.9 Å². The molecule has 98 valence electrons. The summed E-state index contributed by atoms with van der Waals surface area (Å²) in [6, 6.07) is 6.55. The fourth-order valence-electron chi connectivity index (χ4n) is 2.03. The van der Waals surface area contributed by atoms with Crippen molar-refractivity contribution in [3.63, 3.8) is 0 Å². The first-order valence-electron chi connectivity index (χ1n) is 5.77. The zero-order valence-corrected chi connectivity index (χ0v) is 12.4. The summed E-state index contributed by atoms with van der Waals surface area (Å²) in [5.41, 5.74) is 0. The molecular formula is C12H14BrNO3S. The molecule has 0 aromatic heterocycles. The van der Waals surface area contributed by atoms with Crippen LogP contribution in [0.25, 0.3) is 0 Å². The standard InChI is InChI=1S/C12H14BrNO3S/c1-2-9-7-12(15)14(8-9)18(16,17)11-6-4-3-5-10(11)13/h3-6,9H,2,7-8H2,1H3. The maximum atomic E-state index is 12.4. The lowest BCUT2D eigenvalue weighted by atomic mass is 10.1. The Hall–Kier alpha value is -0.880. The van der Waals surface area contributed by atoms with Gasteiger partial charge in [0.25, 0.3) is 10.0 Å². The summed E-state index contributed by atoms with van der Waals surface area (Å²) in [6.07, 6.45) is 1.13. The number of sulfonamides is 1. The van der Waals surface area contributed by atoms with Gasteiger partial charge in [0.1, 0.15) is 4.90 Å². The molecule has 0 radical (unpaired) electrons. The quantitative estimate of drug-likeness (QED) is 0.854. The number of hydrogen-bond acceptors (Lipinski definition) is 3. The van der Waals surface area contributed by atoms with Crippen LogP contribution in [0.4, 0.5) is 0 Å².